The van der Waals surface area contributed by atoms with Gasteiger partial charge in [-0.3, -0.25) is 4.79 Å². The summed E-state index contributed by atoms with van der Waals surface area (Å²) < 4.78 is 9.41. The van der Waals surface area contributed by atoms with Crippen molar-refractivity contribution in [2.45, 2.75) is 37.8 Å². The maximum atomic E-state index is 12.1. The van der Waals surface area contributed by atoms with Crippen LogP contribution in [0.5, 0.6) is 0 Å². The van der Waals surface area contributed by atoms with Crippen LogP contribution < -0.4 is 5.32 Å². The van der Waals surface area contributed by atoms with E-state index in [4.69, 9.17) is 9.84 Å². The fourth-order valence-corrected chi connectivity index (χ4v) is 1.88. The molecule has 0 bridgehead atoms. The number of nitrogens with one attached hydrogen (secondary N) is 1. The summed E-state index contributed by atoms with van der Waals surface area (Å²) in [6.07, 6.45) is 1.76. The third-order valence-corrected chi connectivity index (χ3v) is 3.25. The molecule has 1 atom stereocenters. The SMILES string of the molecule is COCCN(C(=O)N[C@H](CCC(=O)OC)C(=O)O)C1CC1. The normalized spacial score (nSPS) is 15.1. The van der Waals surface area contributed by atoms with E-state index in [1.807, 2.05) is 0 Å². The predicted octanol–water partition coefficient (Wildman–Crippen LogP) is 0.213. The maximum absolute atomic E-state index is 12.1. The van der Waals surface area contributed by atoms with Crippen molar-refractivity contribution in [3.8, 4) is 0 Å². The van der Waals surface area contributed by atoms with Gasteiger partial charge in [0.2, 0.25) is 0 Å². The molecule has 0 radical (unpaired) electrons. The average molecular weight is 302 g/mol. The first-order valence-electron chi connectivity index (χ1n) is 6.85. The van der Waals surface area contributed by atoms with Gasteiger partial charge in [0.1, 0.15) is 6.04 Å². The highest BCUT2D eigenvalue weighted by atomic mass is 16.5. The smallest absolute Gasteiger partial charge is 0.326 e. The number of methoxy groups -OCH3 is 2. The first-order valence-corrected chi connectivity index (χ1v) is 6.85. The van der Waals surface area contributed by atoms with Crippen LogP contribution in [-0.4, -0.2) is 67.4 Å². The molecule has 1 aliphatic rings. The summed E-state index contributed by atoms with van der Waals surface area (Å²) in [5, 5.41) is 11.6. The van der Waals surface area contributed by atoms with Crippen molar-refractivity contribution >= 4 is 18.0 Å². The van der Waals surface area contributed by atoms with Crippen molar-refractivity contribution < 1.29 is 29.0 Å². The number of aliphatic carboxylic acids is 1. The number of hydrogen-bond acceptors (Lipinski definition) is 5. The van der Waals surface area contributed by atoms with Gasteiger partial charge in [-0.2, -0.15) is 0 Å². The van der Waals surface area contributed by atoms with Crippen LogP contribution in [0.25, 0.3) is 0 Å². The molecule has 0 unspecified atom stereocenters. The van der Waals surface area contributed by atoms with E-state index in [0.29, 0.717) is 13.2 Å². The van der Waals surface area contributed by atoms with Gasteiger partial charge in [0.25, 0.3) is 0 Å². The van der Waals surface area contributed by atoms with E-state index in [0.717, 1.165) is 12.8 Å². The number of urea groups is 1. The van der Waals surface area contributed by atoms with Crippen LogP contribution in [0.3, 0.4) is 0 Å². The molecule has 1 saturated carbocycles. The summed E-state index contributed by atoms with van der Waals surface area (Å²) in [4.78, 5) is 35.9. The van der Waals surface area contributed by atoms with Crippen molar-refractivity contribution in [1.29, 1.82) is 0 Å². The summed E-state index contributed by atoms with van der Waals surface area (Å²) in [5.74, 6) is -1.68. The highest BCUT2D eigenvalue weighted by molar-refractivity contribution is 5.83. The number of carbonyl (C=O) groups is 3. The van der Waals surface area contributed by atoms with E-state index in [-0.39, 0.29) is 18.9 Å². The first kappa shape index (κ1) is 17.2. The molecule has 1 fully saturated rings. The molecule has 2 amide bonds. The van der Waals surface area contributed by atoms with Crippen LogP contribution in [-0.2, 0) is 19.1 Å². The molecule has 1 rings (SSSR count). The second kappa shape index (κ2) is 8.46. The molecule has 1 aliphatic carbocycles. The Bertz CT molecular complexity index is 383. The van der Waals surface area contributed by atoms with Gasteiger partial charge in [-0.15, -0.1) is 0 Å². The fourth-order valence-electron chi connectivity index (χ4n) is 1.88. The van der Waals surface area contributed by atoms with Gasteiger partial charge >= 0.3 is 18.0 Å². The second-order valence-electron chi connectivity index (χ2n) is 4.87. The van der Waals surface area contributed by atoms with Gasteiger partial charge in [0.15, 0.2) is 0 Å². The minimum atomic E-state index is -1.17. The monoisotopic (exact) mass is 302 g/mol. The van der Waals surface area contributed by atoms with E-state index in [2.05, 4.69) is 10.1 Å². The predicted molar refractivity (Wildman–Crippen MR) is 72.8 cm³/mol. The number of carboxylic acid groups (broad SMARTS) is 1. The lowest BCUT2D eigenvalue weighted by molar-refractivity contribution is -0.142. The molecule has 0 aliphatic heterocycles. The van der Waals surface area contributed by atoms with Gasteiger partial charge in [0.05, 0.1) is 13.7 Å². The fraction of sp³-hybridized carbons (Fsp3) is 0.769. The lowest BCUT2D eigenvalue weighted by Crippen LogP contribution is -2.49. The number of esters is 1. The molecule has 8 heteroatoms. The number of hydrogen-bond donors (Lipinski definition) is 2. The van der Waals surface area contributed by atoms with E-state index in [9.17, 15) is 14.4 Å². The average Bonchev–Trinajstić information content (AvgIpc) is 3.27. The van der Waals surface area contributed by atoms with Crippen LogP contribution in [0.4, 0.5) is 4.79 Å². The summed E-state index contributed by atoms with van der Waals surface area (Å²) in [6.45, 7) is 0.806. The molecule has 2 N–H and O–H groups in total. The van der Waals surface area contributed by atoms with Crippen LogP contribution in [0.2, 0.25) is 0 Å². The molecule has 0 aromatic carbocycles. The number of carboxylic acids is 1. The van der Waals surface area contributed by atoms with E-state index >= 15 is 0 Å². The largest absolute Gasteiger partial charge is 0.480 e. The standard InChI is InChI=1S/C13H22N2O6/c1-20-8-7-15(9-3-4-9)13(19)14-10(12(17)18)5-6-11(16)21-2/h9-10H,3-8H2,1-2H3,(H,14,19)(H,17,18)/t10-/m1/s1. The number of rotatable bonds is 9. The van der Waals surface area contributed by atoms with Crippen LogP contribution in [0.1, 0.15) is 25.7 Å². The third kappa shape index (κ3) is 5.99. The van der Waals surface area contributed by atoms with Gasteiger partial charge in [0, 0.05) is 26.1 Å². The Balaban J connectivity index is 2.53. The zero-order valence-electron chi connectivity index (χ0n) is 12.3. The zero-order chi connectivity index (χ0) is 15.8. The zero-order valence-corrected chi connectivity index (χ0v) is 12.3. The van der Waals surface area contributed by atoms with Crippen molar-refractivity contribution in [3.05, 3.63) is 0 Å². The van der Waals surface area contributed by atoms with Crippen LogP contribution in [0.15, 0.2) is 0 Å². The van der Waals surface area contributed by atoms with Crippen molar-refractivity contribution in [2.24, 2.45) is 0 Å². The number of carbonyl (C=O) groups excluding carboxylic acids is 2. The molecular formula is C13H22N2O6. The Morgan fingerprint density at radius 3 is 2.48 bits per heavy atom. The van der Waals surface area contributed by atoms with Crippen molar-refractivity contribution in [2.75, 3.05) is 27.4 Å². The van der Waals surface area contributed by atoms with Gasteiger partial charge in [-0.25, -0.2) is 9.59 Å². The molecule has 21 heavy (non-hydrogen) atoms. The lowest BCUT2D eigenvalue weighted by atomic mass is 10.1. The molecule has 8 nitrogen and oxygen atoms in total. The Labute approximate surface area is 123 Å². The Morgan fingerprint density at radius 2 is 2.00 bits per heavy atom. The lowest BCUT2D eigenvalue weighted by Gasteiger charge is -2.24. The number of ether oxygens (including phenoxy) is 2. The van der Waals surface area contributed by atoms with Crippen molar-refractivity contribution in [1.82, 2.24) is 10.2 Å². The molecule has 120 valence electrons. The topological polar surface area (TPSA) is 105 Å². The van der Waals surface area contributed by atoms with Gasteiger partial charge in [-0.05, 0) is 19.3 Å². The van der Waals surface area contributed by atoms with E-state index in [1.165, 1.54) is 7.11 Å². The molecule has 0 heterocycles. The highest BCUT2D eigenvalue weighted by Crippen LogP contribution is 2.26. The maximum Gasteiger partial charge on any atom is 0.326 e. The molecular weight excluding hydrogens is 280 g/mol. The first-order chi connectivity index (χ1) is 9.99. The van der Waals surface area contributed by atoms with E-state index < -0.39 is 24.0 Å². The quantitative estimate of drug-likeness (QED) is 0.590. The number of nitrogens with zero attached hydrogens (tertiary/aromatic N) is 1. The minimum absolute atomic E-state index is 0.00344. The van der Waals surface area contributed by atoms with Gasteiger partial charge < -0.3 is 24.8 Å². The number of amides is 2. The Morgan fingerprint density at radius 1 is 1.33 bits per heavy atom. The summed E-state index contributed by atoms with van der Waals surface area (Å²) in [6, 6.07) is -1.40. The summed E-state index contributed by atoms with van der Waals surface area (Å²) >= 11 is 0. The van der Waals surface area contributed by atoms with Crippen LogP contribution in [0, 0.1) is 0 Å². The van der Waals surface area contributed by atoms with Crippen molar-refractivity contribution in [3.63, 3.8) is 0 Å². The molecule has 0 aromatic rings. The molecule has 0 aromatic heterocycles. The van der Waals surface area contributed by atoms with Crippen LogP contribution >= 0.6 is 0 Å². The second-order valence-corrected chi connectivity index (χ2v) is 4.87. The highest BCUT2D eigenvalue weighted by Gasteiger charge is 2.34. The molecule has 0 spiro atoms. The Hall–Kier alpha value is -1.83. The van der Waals surface area contributed by atoms with E-state index in [1.54, 1.807) is 12.0 Å². The minimum Gasteiger partial charge on any atom is -0.480 e. The summed E-state index contributed by atoms with van der Waals surface area (Å²) in [5.41, 5.74) is 0. The summed E-state index contributed by atoms with van der Waals surface area (Å²) in [7, 11) is 2.77. The Kier molecular flexibility index (Phi) is 6.93. The third-order valence-electron chi connectivity index (χ3n) is 3.25. The molecule has 0 saturated heterocycles. The van der Waals surface area contributed by atoms with Gasteiger partial charge in [-0.1, -0.05) is 0 Å².